The molecule has 2 atom stereocenters. The minimum Gasteiger partial charge on any atom is -0.321 e. The molecular weight excluding hydrogens is 355 g/mol. The van der Waals surface area contributed by atoms with Crippen LogP contribution in [-0.4, -0.2) is 21.5 Å². The lowest BCUT2D eigenvalue weighted by Crippen LogP contribution is -2.44. The summed E-state index contributed by atoms with van der Waals surface area (Å²) in [5.74, 6) is -7.45. The predicted octanol–water partition coefficient (Wildman–Crippen LogP) is 2.65. The number of alkyl halides is 4. The van der Waals surface area contributed by atoms with E-state index in [9.17, 15) is 18.0 Å². The van der Waals surface area contributed by atoms with Gasteiger partial charge in [0.15, 0.2) is 0 Å². The van der Waals surface area contributed by atoms with Gasteiger partial charge in [0.2, 0.25) is 0 Å². The predicted molar refractivity (Wildman–Crippen MR) is 59.3 cm³/mol. The SMILES string of the molecule is O=C1NC2=C(F)C=CC(Br)(CBr)C2C1(F)F. The third-order valence-corrected chi connectivity index (χ3v) is 5.33. The lowest BCUT2D eigenvalue weighted by Gasteiger charge is -2.33. The molecule has 16 heavy (non-hydrogen) atoms. The van der Waals surface area contributed by atoms with E-state index in [2.05, 4.69) is 31.9 Å². The van der Waals surface area contributed by atoms with Gasteiger partial charge in [0, 0.05) is 5.33 Å². The summed E-state index contributed by atoms with van der Waals surface area (Å²) in [6.07, 6.45) is 2.36. The van der Waals surface area contributed by atoms with Crippen molar-refractivity contribution in [3.8, 4) is 0 Å². The molecule has 2 rings (SSSR count). The van der Waals surface area contributed by atoms with E-state index in [0.29, 0.717) is 0 Å². The number of halogens is 5. The van der Waals surface area contributed by atoms with Crippen LogP contribution in [0.3, 0.4) is 0 Å². The highest BCUT2D eigenvalue weighted by Crippen LogP contribution is 2.51. The molecule has 1 aliphatic heterocycles. The highest BCUT2D eigenvalue weighted by Gasteiger charge is 2.63. The van der Waals surface area contributed by atoms with Gasteiger partial charge < -0.3 is 5.32 Å². The fraction of sp³-hybridized carbons (Fsp3) is 0.444. The van der Waals surface area contributed by atoms with E-state index >= 15 is 0 Å². The lowest BCUT2D eigenvalue weighted by atomic mass is 9.84. The average molecular weight is 361 g/mol. The largest absolute Gasteiger partial charge is 0.334 e. The Hall–Kier alpha value is -0.300. The zero-order chi connectivity index (χ0) is 12.1. The fourth-order valence-corrected chi connectivity index (χ4v) is 3.01. The second-order valence-corrected chi connectivity index (χ2v) is 5.70. The van der Waals surface area contributed by atoms with Crippen LogP contribution in [0.15, 0.2) is 23.7 Å². The van der Waals surface area contributed by atoms with E-state index in [0.717, 1.165) is 6.08 Å². The van der Waals surface area contributed by atoms with Gasteiger partial charge in [0.1, 0.15) is 5.83 Å². The van der Waals surface area contributed by atoms with E-state index < -0.39 is 27.9 Å². The van der Waals surface area contributed by atoms with Gasteiger partial charge in [-0.2, -0.15) is 8.78 Å². The van der Waals surface area contributed by atoms with Crippen molar-refractivity contribution >= 4 is 37.8 Å². The number of hydrogen-bond acceptors (Lipinski definition) is 1. The van der Waals surface area contributed by atoms with Crippen molar-refractivity contribution in [2.24, 2.45) is 5.92 Å². The van der Waals surface area contributed by atoms with Gasteiger partial charge in [0.05, 0.1) is 15.9 Å². The Morgan fingerprint density at radius 1 is 1.50 bits per heavy atom. The Morgan fingerprint density at radius 2 is 2.12 bits per heavy atom. The van der Waals surface area contributed by atoms with Gasteiger partial charge in [-0.05, 0) is 6.08 Å². The summed E-state index contributed by atoms with van der Waals surface area (Å²) in [4.78, 5) is 11.1. The summed E-state index contributed by atoms with van der Waals surface area (Å²) in [6.45, 7) is 0. The maximum Gasteiger partial charge on any atom is 0.334 e. The standard InChI is InChI=1S/C9H6Br2F3NO/c10-3-8(11)2-1-4(12)5-6(8)9(13,14)7(16)15-5/h1-2,6H,3H2,(H,15,16). The molecule has 0 saturated carbocycles. The Morgan fingerprint density at radius 3 is 2.69 bits per heavy atom. The summed E-state index contributed by atoms with van der Waals surface area (Å²) >= 11 is 6.21. The normalized spacial score (nSPS) is 36.3. The molecule has 1 fully saturated rings. The van der Waals surface area contributed by atoms with E-state index in [4.69, 9.17) is 0 Å². The zero-order valence-corrected chi connectivity index (χ0v) is 10.9. The van der Waals surface area contributed by atoms with Crippen LogP contribution in [0.4, 0.5) is 13.2 Å². The fourth-order valence-electron chi connectivity index (χ4n) is 1.85. The van der Waals surface area contributed by atoms with Crippen LogP contribution < -0.4 is 5.32 Å². The summed E-state index contributed by atoms with van der Waals surface area (Å²) in [5.41, 5.74) is -0.353. The van der Waals surface area contributed by atoms with Crippen molar-refractivity contribution in [2.45, 2.75) is 10.2 Å². The van der Waals surface area contributed by atoms with Crippen LogP contribution in [0.25, 0.3) is 0 Å². The van der Waals surface area contributed by atoms with E-state index in [1.807, 2.05) is 5.32 Å². The number of fused-ring (bicyclic) bond motifs is 1. The molecule has 2 nitrogen and oxygen atoms in total. The van der Waals surface area contributed by atoms with Gasteiger partial charge >= 0.3 is 5.92 Å². The number of carbonyl (C=O) groups excluding carboxylic acids is 1. The minimum absolute atomic E-state index is 0.141. The number of carbonyl (C=O) groups is 1. The maximum absolute atomic E-state index is 13.6. The molecule has 88 valence electrons. The molecule has 1 aliphatic carbocycles. The number of rotatable bonds is 1. The van der Waals surface area contributed by atoms with Gasteiger partial charge in [-0.3, -0.25) is 4.79 Å². The Balaban J connectivity index is 2.57. The van der Waals surface area contributed by atoms with Crippen LogP contribution >= 0.6 is 31.9 Å². The van der Waals surface area contributed by atoms with E-state index in [1.54, 1.807) is 0 Å². The van der Waals surface area contributed by atoms with Gasteiger partial charge in [-0.25, -0.2) is 4.39 Å². The van der Waals surface area contributed by atoms with Crippen LogP contribution in [0, 0.1) is 5.92 Å². The maximum atomic E-state index is 13.6. The molecule has 0 radical (unpaired) electrons. The molecule has 0 aromatic heterocycles. The monoisotopic (exact) mass is 359 g/mol. The first kappa shape index (κ1) is 12.2. The molecule has 2 unspecified atom stereocenters. The quantitative estimate of drug-likeness (QED) is 0.716. The Kier molecular flexibility index (Phi) is 2.73. The van der Waals surface area contributed by atoms with Crippen LogP contribution in [0.5, 0.6) is 0 Å². The molecule has 0 spiro atoms. The number of nitrogens with one attached hydrogen (secondary N) is 1. The summed E-state index contributed by atoms with van der Waals surface area (Å²) < 4.78 is 39.4. The first-order valence-corrected chi connectivity index (χ1v) is 6.27. The van der Waals surface area contributed by atoms with Crippen LogP contribution in [0.1, 0.15) is 0 Å². The number of hydrogen-bond donors (Lipinski definition) is 1. The molecule has 2 aliphatic rings. The van der Waals surface area contributed by atoms with Crippen LogP contribution in [-0.2, 0) is 4.79 Å². The summed E-state index contributed by atoms with van der Waals surface area (Å²) in [6, 6.07) is 0. The van der Waals surface area contributed by atoms with Gasteiger partial charge in [-0.15, -0.1) is 0 Å². The average Bonchev–Trinajstić information content (AvgIpc) is 2.46. The third kappa shape index (κ3) is 1.48. The summed E-state index contributed by atoms with van der Waals surface area (Å²) in [7, 11) is 0. The Bertz CT molecular complexity index is 421. The second kappa shape index (κ2) is 3.60. The summed E-state index contributed by atoms with van der Waals surface area (Å²) in [5, 5.41) is 2.04. The molecule has 1 amide bonds. The van der Waals surface area contributed by atoms with Crippen molar-refractivity contribution in [1.29, 1.82) is 0 Å². The minimum atomic E-state index is -3.62. The molecule has 1 saturated heterocycles. The number of amides is 1. The highest BCUT2D eigenvalue weighted by atomic mass is 79.9. The van der Waals surface area contributed by atoms with Gasteiger partial charge in [0.25, 0.3) is 5.91 Å². The van der Waals surface area contributed by atoms with Crippen LogP contribution in [0.2, 0.25) is 0 Å². The van der Waals surface area contributed by atoms with E-state index in [1.165, 1.54) is 6.08 Å². The smallest absolute Gasteiger partial charge is 0.321 e. The zero-order valence-electron chi connectivity index (χ0n) is 7.74. The third-order valence-electron chi connectivity index (χ3n) is 2.65. The van der Waals surface area contributed by atoms with Gasteiger partial charge in [-0.1, -0.05) is 37.9 Å². The highest BCUT2D eigenvalue weighted by molar-refractivity contribution is 9.12. The Labute approximate surface area is 106 Å². The molecule has 1 N–H and O–H groups in total. The first-order valence-electron chi connectivity index (χ1n) is 4.36. The van der Waals surface area contributed by atoms with E-state index in [-0.39, 0.29) is 11.0 Å². The van der Waals surface area contributed by atoms with Crippen molar-refractivity contribution in [3.05, 3.63) is 23.7 Å². The number of allylic oxidation sites excluding steroid dienone is 4. The molecule has 0 aromatic carbocycles. The molecule has 0 aromatic rings. The van der Waals surface area contributed by atoms with Crippen molar-refractivity contribution in [2.75, 3.05) is 5.33 Å². The van der Waals surface area contributed by atoms with Crippen molar-refractivity contribution in [1.82, 2.24) is 5.32 Å². The topological polar surface area (TPSA) is 29.1 Å². The first-order chi connectivity index (χ1) is 7.33. The molecule has 7 heteroatoms. The lowest BCUT2D eigenvalue weighted by molar-refractivity contribution is -0.144. The molecule has 1 heterocycles. The van der Waals surface area contributed by atoms with Crippen molar-refractivity contribution in [3.63, 3.8) is 0 Å². The second-order valence-electron chi connectivity index (χ2n) is 3.67. The molecule has 0 bridgehead atoms. The van der Waals surface area contributed by atoms with Crippen molar-refractivity contribution < 1.29 is 18.0 Å². The molecular formula is C9H6Br2F3NO.